The number of aromatic nitrogens is 2. The summed E-state index contributed by atoms with van der Waals surface area (Å²) in [6.45, 7) is 2.39. The minimum Gasteiger partial charge on any atom is -0.351 e. The van der Waals surface area contributed by atoms with Gasteiger partial charge in [0, 0.05) is 17.9 Å². The van der Waals surface area contributed by atoms with Gasteiger partial charge < -0.3 is 10.3 Å². The fraction of sp³-hybridized carbons (Fsp3) is 0.200. The highest BCUT2D eigenvalue weighted by Gasteiger charge is 2.30. The molecular weight excluding hydrogens is 387 g/mol. The molecule has 146 valence electrons. The summed E-state index contributed by atoms with van der Waals surface area (Å²) in [6, 6.07) is 12.2. The summed E-state index contributed by atoms with van der Waals surface area (Å²) in [4.78, 5) is 19.5. The van der Waals surface area contributed by atoms with Gasteiger partial charge in [0.2, 0.25) is 0 Å². The molecule has 1 heterocycles. The van der Waals surface area contributed by atoms with E-state index in [0.717, 1.165) is 28.5 Å². The molecule has 0 unspecified atom stereocenters. The number of rotatable bonds is 6. The molecule has 0 aliphatic rings. The van der Waals surface area contributed by atoms with Crippen LogP contribution in [0.4, 0.5) is 13.2 Å². The fourth-order valence-corrected chi connectivity index (χ4v) is 3.19. The fourth-order valence-electron chi connectivity index (χ4n) is 2.48. The van der Waals surface area contributed by atoms with E-state index in [1.165, 1.54) is 29.5 Å². The highest BCUT2D eigenvalue weighted by molar-refractivity contribution is 7.99. The number of carbonyl (C=O) groups is 1. The quantitative estimate of drug-likeness (QED) is 0.452. The molecule has 1 aromatic heterocycles. The van der Waals surface area contributed by atoms with E-state index in [9.17, 15) is 18.0 Å². The number of H-pyrrole nitrogens is 1. The number of imidazole rings is 1. The Bertz CT molecular complexity index is 935. The number of benzene rings is 2. The van der Waals surface area contributed by atoms with E-state index in [1.807, 2.05) is 31.2 Å². The van der Waals surface area contributed by atoms with Crippen molar-refractivity contribution in [3.8, 4) is 11.3 Å². The maximum absolute atomic E-state index is 12.5. The second-order valence-electron chi connectivity index (χ2n) is 6.15. The first kappa shape index (κ1) is 20.0. The number of aromatic amines is 1. The summed E-state index contributed by atoms with van der Waals surface area (Å²) in [6.07, 6.45) is -2.65. The molecule has 8 heteroatoms. The Morgan fingerprint density at radius 2 is 1.79 bits per heavy atom. The van der Waals surface area contributed by atoms with Gasteiger partial charge in [-0.3, -0.25) is 4.79 Å². The molecule has 0 fully saturated rings. The van der Waals surface area contributed by atoms with Crippen molar-refractivity contribution in [2.24, 2.45) is 0 Å². The molecule has 0 aliphatic carbocycles. The Morgan fingerprint density at radius 1 is 1.11 bits per heavy atom. The van der Waals surface area contributed by atoms with Crippen LogP contribution in [0.15, 0.2) is 59.9 Å². The van der Waals surface area contributed by atoms with Crippen molar-refractivity contribution in [1.29, 1.82) is 0 Å². The molecule has 3 aromatic rings. The number of alkyl halides is 3. The Hall–Kier alpha value is -2.74. The molecule has 0 spiro atoms. The highest BCUT2D eigenvalue weighted by Crippen LogP contribution is 2.29. The zero-order valence-corrected chi connectivity index (χ0v) is 15.8. The van der Waals surface area contributed by atoms with Crippen LogP contribution >= 0.6 is 11.8 Å². The minimum absolute atomic E-state index is 0.192. The van der Waals surface area contributed by atoms with Crippen LogP contribution in [-0.2, 0) is 6.18 Å². The first-order chi connectivity index (χ1) is 13.3. The van der Waals surface area contributed by atoms with Gasteiger partial charge >= 0.3 is 6.18 Å². The van der Waals surface area contributed by atoms with Crippen molar-refractivity contribution in [1.82, 2.24) is 15.3 Å². The van der Waals surface area contributed by atoms with E-state index < -0.39 is 17.6 Å². The van der Waals surface area contributed by atoms with Crippen molar-refractivity contribution >= 4 is 17.7 Å². The standard InChI is InChI=1S/C20H18F3N3OS/c1-13-2-4-14(5-3-13)17-12-25-19(26-17)28-11-10-24-18(27)15-6-8-16(9-7-15)20(21,22)23/h2-9,12H,10-11H2,1H3,(H,24,27)(H,25,26). The second kappa shape index (κ2) is 8.52. The van der Waals surface area contributed by atoms with E-state index >= 15 is 0 Å². The summed E-state index contributed by atoms with van der Waals surface area (Å²) < 4.78 is 37.6. The van der Waals surface area contributed by atoms with Gasteiger partial charge in [-0.05, 0) is 36.8 Å². The Kier molecular flexibility index (Phi) is 6.08. The van der Waals surface area contributed by atoms with Crippen LogP contribution in [0.1, 0.15) is 21.5 Å². The topological polar surface area (TPSA) is 57.8 Å². The molecule has 0 aliphatic heterocycles. The van der Waals surface area contributed by atoms with Crippen LogP contribution in [0.3, 0.4) is 0 Å². The third kappa shape index (κ3) is 5.16. The molecule has 0 atom stereocenters. The Morgan fingerprint density at radius 3 is 2.43 bits per heavy atom. The molecule has 0 radical (unpaired) electrons. The zero-order valence-electron chi connectivity index (χ0n) is 15.0. The number of nitrogens with zero attached hydrogens (tertiary/aromatic N) is 1. The molecule has 4 nitrogen and oxygen atoms in total. The molecule has 0 saturated heterocycles. The SMILES string of the molecule is Cc1ccc(-c2cnc(SCCNC(=O)c3ccc(C(F)(F)F)cc3)[nH]2)cc1. The van der Waals surface area contributed by atoms with Gasteiger partial charge in [-0.15, -0.1) is 0 Å². The molecule has 2 aromatic carbocycles. The predicted octanol–water partition coefficient (Wildman–Crippen LogP) is 4.93. The minimum atomic E-state index is -4.41. The molecule has 28 heavy (non-hydrogen) atoms. The number of hydrogen-bond donors (Lipinski definition) is 2. The molecular formula is C20H18F3N3OS. The van der Waals surface area contributed by atoms with Crippen LogP contribution in [0.2, 0.25) is 0 Å². The lowest BCUT2D eigenvalue weighted by Crippen LogP contribution is -2.25. The van der Waals surface area contributed by atoms with Crippen molar-refractivity contribution < 1.29 is 18.0 Å². The highest BCUT2D eigenvalue weighted by atomic mass is 32.2. The zero-order chi connectivity index (χ0) is 20.1. The predicted molar refractivity (Wildman–Crippen MR) is 103 cm³/mol. The summed E-state index contributed by atoms with van der Waals surface area (Å²) in [7, 11) is 0. The third-order valence-corrected chi connectivity index (χ3v) is 4.91. The van der Waals surface area contributed by atoms with E-state index in [0.29, 0.717) is 12.3 Å². The Balaban J connectivity index is 1.47. The van der Waals surface area contributed by atoms with Crippen molar-refractivity contribution in [3.05, 3.63) is 71.4 Å². The Labute approximate surface area is 164 Å². The van der Waals surface area contributed by atoms with E-state index in [1.54, 1.807) is 6.20 Å². The lowest BCUT2D eigenvalue weighted by atomic mass is 10.1. The number of aryl methyl sites for hydroxylation is 1. The molecule has 2 N–H and O–H groups in total. The van der Waals surface area contributed by atoms with E-state index in [-0.39, 0.29) is 5.56 Å². The first-order valence-electron chi connectivity index (χ1n) is 8.53. The summed E-state index contributed by atoms with van der Waals surface area (Å²) >= 11 is 1.45. The lowest BCUT2D eigenvalue weighted by Gasteiger charge is -2.08. The van der Waals surface area contributed by atoms with Crippen LogP contribution < -0.4 is 5.32 Å². The summed E-state index contributed by atoms with van der Waals surface area (Å²) in [5.41, 5.74) is 2.55. The normalized spacial score (nSPS) is 11.4. The summed E-state index contributed by atoms with van der Waals surface area (Å²) in [5, 5.41) is 3.42. The lowest BCUT2D eigenvalue weighted by molar-refractivity contribution is -0.137. The number of amides is 1. The van der Waals surface area contributed by atoms with Gasteiger partial charge in [-0.1, -0.05) is 41.6 Å². The number of halogens is 3. The smallest absolute Gasteiger partial charge is 0.351 e. The number of thioether (sulfide) groups is 1. The maximum Gasteiger partial charge on any atom is 0.416 e. The molecule has 3 rings (SSSR count). The largest absolute Gasteiger partial charge is 0.416 e. The van der Waals surface area contributed by atoms with Crippen molar-refractivity contribution in [2.75, 3.05) is 12.3 Å². The molecule has 1 amide bonds. The molecule has 0 bridgehead atoms. The van der Waals surface area contributed by atoms with Gasteiger partial charge in [0.15, 0.2) is 5.16 Å². The average Bonchev–Trinajstić information content (AvgIpc) is 3.14. The first-order valence-corrected chi connectivity index (χ1v) is 9.52. The average molecular weight is 405 g/mol. The monoisotopic (exact) mass is 405 g/mol. The van der Waals surface area contributed by atoms with E-state index in [4.69, 9.17) is 0 Å². The third-order valence-electron chi connectivity index (χ3n) is 4.02. The second-order valence-corrected chi connectivity index (χ2v) is 7.23. The molecule has 0 saturated carbocycles. The number of hydrogen-bond acceptors (Lipinski definition) is 3. The number of carbonyl (C=O) groups excluding carboxylic acids is 1. The van der Waals surface area contributed by atoms with Crippen LogP contribution in [0.5, 0.6) is 0 Å². The van der Waals surface area contributed by atoms with Crippen LogP contribution in [-0.4, -0.2) is 28.2 Å². The van der Waals surface area contributed by atoms with Crippen LogP contribution in [0.25, 0.3) is 11.3 Å². The van der Waals surface area contributed by atoms with Crippen molar-refractivity contribution in [3.63, 3.8) is 0 Å². The van der Waals surface area contributed by atoms with Crippen LogP contribution in [0, 0.1) is 6.92 Å². The number of nitrogens with one attached hydrogen (secondary N) is 2. The van der Waals surface area contributed by atoms with E-state index in [2.05, 4.69) is 15.3 Å². The summed E-state index contributed by atoms with van der Waals surface area (Å²) in [5.74, 6) is 0.168. The van der Waals surface area contributed by atoms with Gasteiger partial charge in [0.1, 0.15) is 0 Å². The van der Waals surface area contributed by atoms with Gasteiger partial charge in [0.05, 0.1) is 17.5 Å². The van der Waals surface area contributed by atoms with Gasteiger partial charge in [-0.25, -0.2) is 4.98 Å². The maximum atomic E-state index is 12.5. The van der Waals surface area contributed by atoms with Crippen molar-refractivity contribution in [2.45, 2.75) is 18.3 Å². The van der Waals surface area contributed by atoms with Gasteiger partial charge in [0.25, 0.3) is 5.91 Å². The van der Waals surface area contributed by atoms with Gasteiger partial charge in [-0.2, -0.15) is 13.2 Å².